The van der Waals surface area contributed by atoms with Crippen LogP contribution in [0.25, 0.3) is 22.3 Å². The monoisotopic (exact) mass is 895 g/mol. The maximum atomic E-state index is 2.48. The summed E-state index contributed by atoms with van der Waals surface area (Å²) in [6.07, 6.45) is 0. The van der Waals surface area contributed by atoms with Crippen LogP contribution in [0.15, 0.2) is 297 Å². The number of rotatable bonds is 12. The molecule has 0 aromatic heterocycles. The van der Waals surface area contributed by atoms with Gasteiger partial charge >= 0.3 is 0 Å². The van der Waals surface area contributed by atoms with Crippen molar-refractivity contribution in [2.24, 2.45) is 0 Å². The summed E-state index contributed by atoms with van der Waals surface area (Å²) in [7, 11) is 0. The molecule has 0 saturated carbocycles. The van der Waals surface area contributed by atoms with Crippen molar-refractivity contribution in [3.63, 3.8) is 0 Å². The topological polar surface area (TPSA) is 9.72 Å². The lowest BCUT2D eigenvalue weighted by molar-refractivity contribution is 0.768. The average molecular weight is 896 g/mol. The Hall–Kier alpha value is -9.18. The molecule has 1 aliphatic carbocycles. The maximum absolute atomic E-state index is 2.48. The Labute approximate surface area is 411 Å². The number of benzene rings is 11. The van der Waals surface area contributed by atoms with E-state index in [1.807, 2.05) is 0 Å². The molecule has 0 spiro atoms. The van der Waals surface area contributed by atoms with E-state index in [2.05, 4.69) is 312 Å². The van der Waals surface area contributed by atoms with Crippen LogP contribution in [0.4, 0.5) is 51.2 Å². The van der Waals surface area contributed by atoms with Crippen molar-refractivity contribution in [3.05, 3.63) is 320 Å². The van der Waals surface area contributed by atoms with E-state index in [1.165, 1.54) is 44.5 Å². The first kappa shape index (κ1) is 42.2. The molecule has 0 fully saturated rings. The molecule has 0 N–H and O–H groups in total. The number of para-hydroxylation sites is 4. The predicted molar refractivity (Wildman–Crippen MR) is 293 cm³/mol. The van der Waals surface area contributed by atoms with Gasteiger partial charge in [0.05, 0.1) is 11.1 Å². The highest BCUT2D eigenvalue weighted by Crippen LogP contribution is 2.60. The summed E-state index contributed by atoms with van der Waals surface area (Å²) < 4.78 is 0. The van der Waals surface area contributed by atoms with E-state index in [9.17, 15) is 0 Å². The highest BCUT2D eigenvalue weighted by atomic mass is 15.2. The fourth-order valence-electron chi connectivity index (χ4n) is 10.7. The minimum absolute atomic E-state index is 0.609. The fraction of sp³-hybridized carbons (Fsp3) is 0.0149. The summed E-state index contributed by atoms with van der Waals surface area (Å²) in [5, 5.41) is 0. The zero-order chi connectivity index (χ0) is 46.7. The van der Waals surface area contributed by atoms with Crippen LogP contribution in [0.5, 0.6) is 0 Å². The van der Waals surface area contributed by atoms with Crippen LogP contribution < -0.4 is 14.7 Å². The van der Waals surface area contributed by atoms with E-state index in [1.54, 1.807) is 0 Å². The van der Waals surface area contributed by atoms with E-state index in [0.717, 1.165) is 51.2 Å². The molecule has 1 aliphatic rings. The van der Waals surface area contributed by atoms with E-state index in [-0.39, 0.29) is 0 Å². The molecule has 70 heavy (non-hydrogen) atoms. The zero-order valence-electron chi connectivity index (χ0n) is 38.6. The molecule has 0 heterocycles. The summed E-state index contributed by atoms with van der Waals surface area (Å²) in [6, 6.07) is 108. The number of fused-ring (bicyclic) bond motifs is 3. The molecular formula is C67H49N3. The highest BCUT2D eigenvalue weighted by molar-refractivity contribution is 5.98. The van der Waals surface area contributed by atoms with Gasteiger partial charge in [0.2, 0.25) is 0 Å². The third kappa shape index (κ3) is 7.51. The van der Waals surface area contributed by atoms with Crippen molar-refractivity contribution in [2.75, 3.05) is 14.7 Å². The number of nitrogens with zero attached hydrogens (tertiary/aromatic N) is 3. The van der Waals surface area contributed by atoms with Crippen LogP contribution in [-0.2, 0) is 5.41 Å². The molecule has 3 heteroatoms. The molecular weight excluding hydrogens is 847 g/mol. The molecule has 1 atom stereocenters. The van der Waals surface area contributed by atoms with Gasteiger partial charge in [-0.3, -0.25) is 0 Å². The first-order chi connectivity index (χ1) is 34.8. The lowest BCUT2D eigenvalue weighted by Crippen LogP contribution is -2.28. The third-order valence-corrected chi connectivity index (χ3v) is 13.7. The van der Waals surface area contributed by atoms with E-state index < -0.39 is 5.41 Å². The van der Waals surface area contributed by atoms with Crippen LogP contribution >= 0.6 is 0 Å². The standard InChI is InChI=1S/C67H49N3/c1-7-24-50(25-8-1)51-44-46-53(47-45-51)67(52-26-9-2-10-27-52)63-41-20-19-40-62(63)66-64(67)42-23-43-65(66)70(60-38-21-36-58(48-60)68(54-28-11-3-12-29-54)55-30-13-4-14-31-55)61-39-22-37-59(49-61)69(56-32-15-5-16-33-56)57-34-17-6-18-35-57/h1-49H. The van der Waals surface area contributed by atoms with Crippen molar-refractivity contribution in [3.8, 4) is 22.3 Å². The lowest BCUT2D eigenvalue weighted by atomic mass is 9.67. The average Bonchev–Trinajstić information content (AvgIpc) is 3.75. The van der Waals surface area contributed by atoms with Crippen LogP contribution in [0.2, 0.25) is 0 Å². The SMILES string of the molecule is c1ccc(-c2ccc(C3(c4ccccc4)c4ccccc4-c4c(N(c5cccc(N(c6ccccc6)c6ccccc6)c5)c5cccc(N(c6ccccc6)c6ccccc6)c5)cccc43)cc2)cc1. The van der Waals surface area contributed by atoms with Crippen LogP contribution in [0, 0.1) is 0 Å². The number of anilines is 9. The summed E-state index contributed by atoms with van der Waals surface area (Å²) in [5.41, 5.74) is 18.8. The van der Waals surface area contributed by atoms with Crippen LogP contribution in [0.3, 0.4) is 0 Å². The van der Waals surface area contributed by atoms with Crippen LogP contribution in [0.1, 0.15) is 22.3 Å². The first-order valence-corrected chi connectivity index (χ1v) is 24.0. The quantitative estimate of drug-likeness (QED) is 0.121. The second-order valence-electron chi connectivity index (χ2n) is 17.7. The van der Waals surface area contributed by atoms with E-state index >= 15 is 0 Å². The summed E-state index contributed by atoms with van der Waals surface area (Å²) in [4.78, 5) is 7.16. The Morgan fingerprint density at radius 3 is 1.06 bits per heavy atom. The van der Waals surface area contributed by atoms with Crippen molar-refractivity contribution >= 4 is 51.2 Å². The Morgan fingerprint density at radius 2 is 0.571 bits per heavy atom. The molecule has 0 amide bonds. The van der Waals surface area contributed by atoms with Crippen molar-refractivity contribution in [1.82, 2.24) is 0 Å². The van der Waals surface area contributed by atoms with Gasteiger partial charge < -0.3 is 14.7 Å². The summed E-state index contributed by atoms with van der Waals surface area (Å²) >= 11 is 0. The smallest absolute Gasteiger partial charge is 0.0714 e. The third-order valence-electron chi connectivity index (χ3n) is 13.7. The summed E-state index contributed by atoms with van der Waals surface area (Å²) in [5.74, 6) is 0. The largest absolute Gasteiger partial charge is 0.310 e. The summed E-state index contributed by atoms with van der Waals surface area (Å²) in [6.45, 7) is 0. The van der Waals surface area contributed by atoms with Crippen LogP contribution in [-0.4, -0.2) is 0 Å². The van der Waals surface area contributed by atoms with Gasteiger partial charge in [-0.05, 0) is 130 Å². The molecule has 0 saturated heterocycles. The van der Waals surface area contributed by atoms with Gasteiger partial charge in [-0.25, -0.2) is 0 Å². The van der Waals surface area contributed by atoms with Crippen molar-refractivity contribution in [2.45, 2.75) is 5.41 Å². The predicted octanol–water partition coefficient (Wildman–Crippen LogP) is 18.1. The highest BCUT2D eigenvalue weighted by Gasteiger charge is 2.47. The Morgan fingerprint density at radius 1 is 0.229 bits per heavy atom. The fourth-order valence-corrected chi connectivity index (χ4v) is 10.7. The van der Waals surface area contributed by atoms with Gasteiger partial charge in [-0.2, -0.15) is 0 Å². The van der Waals surface area contributed by atoms with Gasteiger partial charge in [0.25, 0.3) is 0 Å². The van der Waals surface area contributed by atoms with E-state index in [4.69, 9.17) is 0 Å². The normalized spacial score (nSPS) is 13.5. The van der Waals surface area contributed by atoms with Crippen molar-refractivity contribution in [1.29, 1.82) is 0 Å². The van der Waals surface area contributed by atoms with Gasteiger partial charge in [0.15, 0.2) is 0 Å². The minimum atomic E-state index is -0.609. The second-order valence-corrected chi connectivity index (χ2v) is 17.7. The number of hydrogen-bond donors (Lipinski definition) is 0. The van der Waals surface area contributed by atoms with Crippen molar-refractivity contribution < 1.29 is 0 Å². The maximum Gasteiger partial charge on any atom is 0.0714 e. The lowest BCUT2D eigenvalue weighted by Gasteiger charge is -2.35. The molecule has 0 aliphatic heterocycles. The molecule has 12 rings (SSSR count). The molecule has 0 radical (unpaired) electrons. The van der Waals surface area contributed by atoms with Gasteiger partial charge in [0, 0.05) is 51.1 Å². The second kappa shape index (κ2) is 18.5. The van der Waals surface area contributed by atoms with Gasteiger partial charge in [-0.15, -0.1) is 0 Å². The minimum Gasteiger partial charge on any atom is -0.310 e. The number of hydrogen-bond acceptors (Lipinski definition) is 3. The molecule has 0 bridgehead atoms. The molecule has 3 nitrogen and oxygen atoms in total. The molecule has 332 valence electrons. The zero-order valence-corrected chi connectivity index (χ0v) is 38.6. The van der Waals surface area contributed by atoms with E-state index in [0.29, 0.717) is 0 Å². The molecule has 1 unspecified atom stereocenters. The Bertz CT molecular complexity index is 3320. The molecule has 11 aromatic carbocycles. The Kier molecular flexibility index (Phi) is 11.1. The van der Waals surface area contributed by atoms with Gasteiger partial charge in [0.1, 0.15) is 0 Å². The Balaban J connectivity index is 1.11. The van der Waals surface area contributed by atoms with Gasteiger partial charge in [-0.1, -0.05) is 206 Å². The first-order valence-electron chi connectivity index (χ1n) is 24.0. The molecule has 11 aromatic rings.